The summed E-state index contributed by atoms with van der Waals surface area (Å²) in [6, 6.07) is 6.21. The van der Waals surface area contributed by atoms with E-state index in [0.29, 0.717) is 0 Å². The van der Waals surface area contributed by atoms with Gasteiger partial charge in [0.15, 0.2) is 0 Å². The van der Waals surface area contributed by atoms with Gasteiger partial charge in [-0.1, -0.05) is 6.07 Å². The summed E-state index contributed by atoms with van der Waals surface area (Å²) in [4.78, 5) is 5.52. The van der Waals surface area contributed by atoms with Crippen molar-refractivity contribution in [2.75, 3.05) is 6.26 Å². The van der Waals surface area contributed by atoms with Crippen molar-refractivity contribution < 1.29 is 0 Å². The zero-order valence-electron chi connectivity index (χ0n) is 8.62. The number of aromatic nitrogens is 3. The minimum absolute atomic E-state index is 1.01. The fourth-order valence-electron chi connectivity index (χ4n) is 1.60. The molecule has 0 atom stereocenters. The lowest BCUT2D eigenvalue weighted by molar-refractivity contribution is 0.922. The van der Waals surface area contributed by atoms with Gasteiger partial charge in [0.1, 0.15) is 10.7 Å². The lowest BCUT2D eigenvalue weighted by Gasteiger charge is -1.96. The summed E-state index contributed by atoms with van der Waals surface area (Å²) in [5, 5.41) is 7.61. The van der Waals surface area contributed by atoms with Crippen molar-refractivity contribution in [3.63, 3.8) is 0 Å². The van der Waals surface area contributed by atoms with Gasteiger partial charge in [-0.25, -0.2) is 9.50 Å². The number of fused-ring (bicyclic) bond motifs is 1. The summed E-state index contributed by atoms with van der Waals surface area (Å²) >= 11 is 3.34. The first-order valence-electron chi connectivity index (χ1n) is 4.81. The van der Waals surface area contributed by atoms with Gasteiger partial charge in [-0.2, -0.15) is 5.10 Å². The van der Waals surface area contributed by atoms with Gasteiger partial charge >= 0.3 is 0 Å². The van der Waals surface area contributed by atoms with Crippen LogP contribution < -0.4 is 0 Å². The van der Waals surface area contributed by atoms with Gasteiger partial charge in [-0.15, -0.1) is 23.1 Å². The van der Waals surface area contributed by atoms with Crippen LogP contribution in [-0.2, 0) is 0 Å². The van der Waals surface area contributed by atoms with Crippen molar-refractivity contribution in [1.29, 1.82) is 0 Å². The molecule has 0 radical (unpaired) electrons. The van der Waals surface area contributed by atoms with E-state index in [1.165, 1.54) is 4.88 Å². The largest absolute Gasteiger partial charge is 0.246 e. The van der Waals surface area contributed by atoms with Crippen LogP contribution in [0.3, 0.4) is 0 Å². The Morgan fingerprint density at radius 1 is 1.44 bits per heavy atom. The number of hydrogen-bond acceptors (Lipinski definition) is 4. The van der Waals surface area contributed by atoms with Crippen LogP contribution in [0.4, 0.5) is 0 Å². The highest BCUT2D eigenvalue weighted by atomic mass is 32.2. The van der Waals surface area contributed by atoms with E-state index in [0.717, 1.165) is 16.2 Å². The van der Waals surface area contributed by atoms with Crippen LogP contribution in [0.25, 0.3) is 16.1 Å². The molecule has 0 aromatic carbocycles. The van der Waals surface area contributed by atoms with Gasteiger partial charge in [-0.05, 0) is 23.8 Å². The Hall–Kier alpha value is -1.33. The molecule has 0 saturated heterocycles. The van der Waals surface area contributed by atoms with Gasteiger partial charge < -0.3 is 0 Å². The van der Waals surface area contributed by atoms with Crippen molar-refractivity contribution in [1.82, 2.24) is 14.6 Å². The lowest BCUT2D eigenvalue weighted by Crippen LogP contribution is -1.89. The molecule has 3 aromatic rings. The van der Waals surface area contributed by atoms with E-state index in [1.54, 1.807) is 29.3 Å². The number of nitrogens with zero attached hydrogens (tertiary/aromatic N) is 3. The van der Waals surface area contributed by atoms with E-state index < -0.39 is 0 Å². The zero-order valence-corrected chi connectivity index (χ0v) is 10.3. The number of thiophene rings is 1. The number of hydrogen-bond donors (Lipinski definition) is 0. The molecule has 0 unspecified atom stereocenters. The summed E-state index contributed by atoms with van der Waals surface area (Å²) < 4.78 is 1.88. The van der Waals surface area contributed by atoms with E-state index in [-0.39, 0.29) is 0 Å². The van der Waals surface area contributed by atoms with Gasteiger partial charge in [0.2, 0.25) is 0 Å². The Morgan fingerprint density at radius 3 is 3.12 bits per heavy atom. The van der Waals surface area contributed by atoms with E-state index >= 15 is 0 Å². The molecule has 3 nitrogen and oxygen atoms in total. The standard InChI is InChI=1S/C11H9N3S2/c1-15-11-9-7-8(10-3-2-6-16-10)13-14(9)5-4-12-11/h2-7H,1H3. The molecule has 0 bridgehead atoms. The molecular weight excluding hydrogens is 238 g/mol. The van der Waals surface area contributed by atoms with Crippen molar-refractivity contribution in [2.24, 2.45) is 0 Å². The molecule has 0 aliphatic rings. The molecule has 5 heteroatoms. The van der Waals surface area contributed by atoms with Gasteiger partial charge in [-0.3, -0.25) is 0 Å². The third-order valence-electron chi connectivity index (χ3n) is 2.32. The molecule has 0 saturated carbocycles. The van der Waals surface area contributed by atoms with E-state index in [1.807, 2.05) is 23.0 Å². The van der Waals surface area contributed by atoms with Crippen molar-refractivity contribution >= 4 is 28.6 Å². The average molecular weight is 247 g/mol. The first-order chi connectivity index (χ1) is 7.88. The molecule has 0 N–H and O–H groups in total. The van der Waals surface area contributed by atoms with Crippen molar-refractivity contribution in [2.45, 2.75) is 5.03 Å². The van der Waals surface area contributed by atoms with Crippen LogP contribution >= 0.6 is 23.1 Å². The average Bonchev–Trinajstić information content (AvgIpc) is 2.96. The van der Waals surface area contributed by atoms with Crippen LogP contribution in [0.1, 0.15) is 0 Å². The first kappa shape index (κ1) is 9.86. The fourth-order valence-corrected chi connectivity index (χ4v) is 2.81. The molecular formula is C11H9N3S2. The van der Waals surface area contributed by atoms with Crippen LogP contribution in [0, 0.1) is 0 Å². The van der Waals surface area contributed by atoms with Crippen molar-refractivity contribution in [3.05, 3.63) is 36.0 Å². The Balaban J connectivity index is 2.23. The summed E-state index contributed by atoms with van der Waals surface area (Å²) in [5.41, 5.74) is 2.08. The smallest absolute Gasteiger partial charge is 0.122 e. The molecule has 16 heavy (non-hydrogen) atoms. The SMILES string of the molecule is CSc1nccn2nc(-c3cccs3)cc12. The minimum atomic E-state index is 1.01. The molecule has 3 aromatic heterocycles. The molecule has 0 spiro atoms. The molecule has 0 aliphatic carbocycles. The number of thioether (sulfide) groups is 1. The van der Waals surface area contributed by atoms with Crippen LogP contribution in [0.5, 0.6) is 0 Å². The minimum Gasteiger partial charge on any atom is -0.246 e. The molecule has 0 amide bonds. The predicted octanol–water partition coefficient (Wildman–Crippen LogP) is 3.18. The zero-order chi connectivity index (χ0) is 11.0. The Morgan fingerprint density at radius 2 is 2.38 bits per heavy atom. The maximum absolute atomic E-state index is 4.54. The van der Waals surface area contributed by atoms with Crippen LogP contribution in [0.15, 0.2) is 41.0 Å². The monoisotopic (exact) mass is 247 g/mol. The normalized spacial score (nSPS) is 11.1. The predicted molar refractivity (Wildman–Crippen MR) is 68.1 cm³/mol. The van der Waals surface area contributed by atoms with Crippen LogP contribution in [0.2, 0.25) is 0 Å². The van der Waals surface area contributed by atoms with E-state index in [4.69, 9.17) is 0 Å². The van der Waals surface area contributed by atoms with E-state index in [9.17, 15) is 0 Å². The highest BCUT2D eigenvalue weighted by Gasteiger charge is 2.08. The first-order valence-corrected chi connectivity index (χ1v) is 6.91. The van der Waals surface area contributed by atoms with Crippen molar-refractivity contribution in [3.8, 4) is 10.6 Å². The summed E-state index contributed by atoms with van der Waals surface area (Å²) in [7, 11) is 0. The molecule has 3 heterocycles. The van der Waals surface area contributed by atoms with Gasteiger partial charge in [0.05, 0.1) is 10.4 Å². The highest BCUT2D eigenvalue weighted by molar-refractivity contribution is 7.98. The summed E-state index contributed by atoms with van der Waals surface area (Å²) in [5.74, 6) is 0. The van der Waals surface area contributed by atoms with E-state index in [2.05, 4.69) is 27.6 Å². The van der Waals surface area contributed by atoms with Gasteiger partial charge in [0.25, 0.3) is 0 Å². The maximum atomic E-state index is 4.54. The molecule has 3 rings (SSSR count). The fraction of sp³-hybridized carbons (Fsp3) is 0.0909. The summed E-state index contributed by atoms with van der Waals surface area (Å²) in [6.07, 6.45) is 5.69. The molecule has 80 valence electrons. The maximum Gasteiger partial charge on any atom is 0.122 e. The number of rotatable bonds is 2. The Labute approximate surface area is 101 Å². The molecule has 0 fully saturated rings. The molecule has 0 aliphatic heterocycles. The third-order valence-corrected chi connectivity index (χ3v) is 3.92. The second-order valence-corrected chi connectivity index (χ2v) is 5.02. The quantitative estimate of drug-likeness (QED) is 0.651. The lowest BCUT2D eigenvalue weighted by atomic mass is 10.3. The summed E-state index contributed by atoms with van der Waals surface area (Å²) in [6.45, 7) is 0. The second-order valence-electron chi connectivity index (χ2n) is 3.27. The Kier molecular flexibility index (Phi) is 2.41. The van der Waals surface area contributed by atoms with Gasteiger partial charge in [0, 0.05) is 12.4 Å². The Bertz CT molecular complexity index is 613. The second kappa shape index (κ2) is 3.92. The van der Waals surface area contributed by atoms with Crippen LogP contribution in [-0.4, -0.2) is 20.9 Å². The highest BCUT2D eigenvalue weighted by Crippen LogP contribution is 2.27. The topological polar surface area (TPSA) is 30.2 Å². The third kappa shape index (κ3) is 1.52.